The molecular formula is C17H28N4. The zero-order chi connectivity index (χ0) is 15.3. The molecule has 116 valence electrons. The Morgan fingerprint density at radius 3 is 2.57 bits per heavy atom. The summed E-state index contributed by atoms with van der Waals surface area (Å²) in [5.41, 5.74) is 8.34. The molecule has 0 aliphatic heterocycles. The summed E-state index contributed by atoms with van der Waals surface area (Å²) in [5, 5.41) is 0. The molecule has 0 aliphatic carbocycles. The minimum Gasteiger partial charge on any atom is -0.329 e. The van der Waals surface area contributed by atoms with Gasteiger partial charge in [-0.1, -0.05) is 26.8 Å². The zero-order valence-corrected chi connectivity index (χ0v) is 13.5. The van der Waals surface area contributed by atoms with E-state index in [9.17, 15) is 0 Å². The summed E-state index contributed by atoms with van der Waals surface area (Å²) in [6, 6.07) is 6.10. The number of hydrogen-bond acceptors (Lipinski definition) is 3. The molecular weight excluding hydrogens is 260 g/mol. The van der Waals surface area contributed by atoms with E-state index in [1.807, 2.05) is 24.4 Å². The lowest BCUT2D eigenvalue weighted by Gasteiger charge is -2.42. The van der Waals surface area contributed by atoms with Gasteiger partial charge in [0.25, 0.3) is 0 Å². The number of rotatable bonds is 8. The topological polar surface area (TPSA) is 46.6 Å². The molecule has 0 saturated heterocycles. The van der Waals surface area contributed by atoms with E-state index in [-0.39, 0.29) is 5.54 Å². The van der Waals surface area contributed by atoms with Crippen LogP contribution in [0, 0.1) is 0 Å². The maximum atomic E-state index is 6.12. The second kappa shape index (κ2) is 7.05. The molecule has 21 heavy (non-hydrogen) atoms. The zero-order valence-electron chi connectivity index (χ0n) is 13.5. The van der Waals surface area contributed by atoms with Crippen molar-refractivity contribution in [2.24, 2.45) is 5.73 Å². The van der Waals surface area contributed by atoms with Crippen molar-refractivity contribution >= 4 is 5.65 Å². The average molecular weight is 288 g/mol. The van der Waals surface area contributed by atoms with Crippen LogP contribution in [0.25, 0.3) is 5.65 Å². The number of fused-ring (bicyclic) bond motifs is 1. The molecule has 2 N–H and O–H groups in total. The third-order valence-electron chi connectivity index (χ3n) is 4.63. The second-order valence-corrected chi connectivity index (χ2v) is 5.76. The van der Waals surface area contributed by atoms with E-state index in [1.165, 1.54) is 0 Å². The molecule has 4 nitrogen and oxygen atoms in total. The first-order valence-corrected chi connectivity index (χ1v) is 8.06. The summed E-state index contributed by atoms with van der Waals surface area (Å²) in [5.74, 6) is 0. The Morgan fingerprint density at radius 1 is 1.24 bits per heavy atom. The highest BCUT2D eigenvalue weighted by molar-refractivity contribution is 5.39. The Hall–Kier alpha value is -1.39. The third kappa shape index (κ3) is 3.27. The highest BCUT2D eigenvalue weighted by atomic mass is 15.2. The van der Waals surface area contributed by atoms with Gasteiger partial charge in [0.15, 0.2) is 0 Å². The standard InChI is InChI=1S/C17H28N4/c1-4-10-21(17(5-2,6-3)14-18)13-15-12-20-11-8-7-9-16(20)19-15/h7-9,11-12H,4-6,10,13-14,18H2,1-3H3. The van der Waals surface area contributed by atoms with Crippen LogP contribution in [0.2, 0.25) is 0 Å². The summed E-state index contributed by atoms with van der Waals surface area (Å²) in [6.45, 7) is 9.34. The molecule has 0 amide bonds. The molecule has 4 heteroatoms. The summed E-state index contributed by atoms with van der Waals surface area (Å²) < 4.78 is 2.08. The molecule has 0 aliphatic rings. The number of pyridine rings is 1. The smallest absolute Gasteiger partial charge is 0.137 e. The van der Waals surface area contributed by atoms with Gasteiger partial charge >= 0.3 is 0 Å². The fraction of sp³-hybridized carbons (Fsp3) is 0.588. The van der Waals surface area contributed by atoms with E-state index in [1.54, 1.807) is 0 Å². The first-order chi connectivity index (χ1) is 10.2. The van der Waals surface area contributed by atoms with Gasteiger partial charge < -0.3 is 10.1 Å². The molecule has 0 saturated carbocycles. The summed E-state index contributed by atoms with van der Waals surface area (Å²) in [7, 11) is 0. The van der Waals surface area contributed by atoms with E-state index >= 15 is 0 Å². The molecule has 0 fully saturated rings. The van der Waals surface area contributed by atoms with Gasteiger partial charge in [0.1, 0.15) is 5.65 Å². The van der Waals surface area contributed by atoms with Gasteiger partial charge in [-0.3, -0.25) is 4.90 Å². The molecule has 0 bridgehead atoms. The highest BCUT2D eigenvalue weighted by Crippen LogP contribution is 2.25. The molecule has 0 radical (unpaired) electrons. The van der Waals surface area contributed by atoms with Gasteiger partial charge in [0, 0.05) is 31.0 Å². The minimum absolute atomic E-state index is 0.0891. The van der Waals surface area contributed by atoms with Crippen molar-refractivity contribution < 1.29 is 0 Å². The van der Waals surface area contributed by atoms with Crippen LogP contribution in [0.15, 0.2) is 30.6 Å². The lowest BCUT2D eigenvalue weighted by Crippen LogP contribution is -2.53. The lowest BCUT2D eigenvalue weighted by atomic mass is 9.90. The van der Waals surface area contributed by atoms with E-state index < -0.39 is 0 Å². The van der Waals surface area contributed by atoms with Gasteiger partial charge in [-0.25, -0.2) is 4.98 Å². The van der Waals surface area contributed by atoms with Gasteiger partial charge in [0.05, 0.1) is 5.69 Å². The number of imidazole rings is 1. The Kier molecular flexibility index (Phi) is 5.37. The van der Waals surface area contributed by atoms with Gasteiger partial charge in [-0.05, 0) is 37.9 Å². The second-order valence-electron chi connectivity index (χ2n) is 5.76. The van der Waals surface area contributed by atoms with Crippen LogP contribution < -0.4 is 5.73 Å². The summed E-state index contributed by atoms with van der Waals surface area (Å²) in [4.78, 5) is 7.25. The van der Waals surface area contributed by atoms with Crippen molar-refractivity contribution in [3.8, 4) is 0 Å². The number of aromatic nitrogens is 2. The van der Waals surface area contributed by atoms with Gasteiger partial charge in [0.2, 0.25) is 0 Å². The Bertz CT molecular complexity index is 515. The van der Waals surface area contributed by atoms with Crippen molar-refractivity contribution in [1.82, 2.24) is 14.3 Å². The number of nitrogens with zero attached hydrogens (tertiary/aromatic N) is 3. The van der Waals surface area contributed by atoms with Crippen LogP contribution in [0.3, 0.4) is 0 Å². The van der Waals surface area contributed by atoms with Crippen LogP contribution in [-0.4, -0.2) is 32.9 Å². The Labute approximate surface area is 128 Å². The summed E-state index contributed by atoms with van der Waals surface area (Å²) >= 11 is 0. The quantitative estimate of drug-likeness (QED) is 0.812. The van der Waals surface area contributed by atoms with Crippen molar-refractivity contribution in [3.05, 3.63) is 36.3 Å². The van der Waals surface area contributed by atoms with Crippen LogP contribution in [0.5, 0.6) is 0 Å². The predicted molar refractivity (Wildman–Crippen MR) is 88.3 cm³/mol. The Balaban J connectivity index is 2.26. The number of nitrogens with two attached hydrogens (primary N) is 1. The summed E-state index contributed by atoms with van der Waals surface area (Å²) in [6.07, 6.45) is 7.46. The fourth-order valence-corrected chi connectivity index (χ4v) is 3.13. The van der Waals surface area contributed by atoms with Crippen molar-refractivity contribution in [1.29, 1.82) is 0 Å². The molecule has 2 aromatic heterocycles. The van der Waals surface area contributed by atoms with E-state index in [0.717, 1.165) is 43.7 Å². The third-order valence-corrected chi connectivity index (χ3v) is 4.63. The largest absolute Gasteiger partial charge is 0.329 e. The molecule has 2 aromatic rings. The van der Waals surface area contributed by atoms with Crippen LogP contribution in [-0.2, 0) is 6.54 Å². The average Bonchev–Trinajstić information content (AvgIpc) is 2.92. The SMILES string of the molecule is CCCN(Cc1cn2ccccc2n1)C(CC)(CC)CN. The maximum Gasteiger partial charge on any atom is 0.137 e. The molecule has 0 atom stereocenters. The first kappa shape index (κ1) is 16.0. The molecule has 0 unspecified atom stereocenters. The fourth-order valence-electron chi connectivity index (χ4n) is 3.13. The molecule has 2 rings (SSSR count). The van der Waals surface area contributed by atoms with Crippen molar-refractivity contribution in [2.45, 2.75) is 52.1 Å². The lowest BCUT2D eigenvalue weighted by molar-refractivity contribution is 0.0755. The van der Waals surface area contributed by atoms with Crippen molar-refractivity contribution in [2.75, 3.05) is 13.1 Å². The van der Waals surface area contributed by atoms with Gasteiger partial charge in [-0.15, -0.1) is 0 Å². The van der Waals surface area contributed by atoms with E-state index in [4.69, 9.17) is 10.7 Å². The molecule has 2 heterocycles. The predicted octanol–water partition coefficient (Wildman–Crippen LogP) is 3.06. The van der Waals surface area contributed by atoms with Gasteiger partial charge in [-0.2, -0.15) is 0 Å². The first-order valence-electron chi connectivity index (χ1n) is 8.06. The Morgan fingerprint density at radius 2 is 2.00 bits per heavy atom. The van der Waals surface area contributed by atoms with Crippen LogP contribution in [0.4, 0.5) is 0 Å². The van der Waals surface area contributed by atoms with Crippen molar-refractivity contribution in [3.63, 3.8) is 0 Å². The minimum atomic E-state index is 0.0891. The van der Waals surface area contributed by atoms with E-state index in [2.05, 4.69) is 36.3 Å². The van der Waals surface area contributed by atoms with Crippen LogP contribution in [0.1, 0.15) is 45.7 Å². The molecule has 0 aromatic carbocycles. The molecule has 0 spiro atoms. The highest BCUT2D eigenvalue weighted by Gasteiger charge is 2.31. The monoisotopic (exact) mass is 288 g/mol. The van der Waals surface area contributed by atoms with E-state index in [0.29, 0.717) is 6.54 Å². The normalized spacial score (nSPS) is 12.4. The van der Waals surface area contributed by atoms with Crippen LogP contribution >= 0.6 is 0 Å². The number of hydrogen-bond donors (Lipinski definition) is 1. The maximum absolute atomic E-state index is 6.12.